The summed E-state index contributed by atoms with van der Waals surface area (Å²) in [5.41, 5.74) is 7.82. The van der Waals surface area contributed by atoms with Crippen molar-refractivity contribution in [2.24, 2.45) is 5.73 Å². The number of aryl methyl sites for hydroxylation is 1. The summed E-state index contributed by atoms with van der Waals surface area (Å²) >= 11 is 0. The SMILES string of the molecule is CCn1cncc1CNc1ccc(NC(N)=O)cc1. The third-order valence-corrected chi connectivity index (χ3v) is 2.77. The van der Waals surface area contributed by atoms with Crippen molar-refractivity contribution in [1.29, 1.82) is 0 Å². The van der Waals surface area contributed by atoms with Gasteiger partial charge in [-0.25, -0.2) is 9.78 Å². The van der Waals surface area contributed by atoms with Crippen LogP contribution >= 0.6 is 0 Å². The van der Waals surface area contributed by atoms with Gasteiger partial charge in [-0.3, -0.25) is 0 Å². The Kier molecular flexibility index (Phi) is 4.02. The van der Waals surface area contributed by atoms with E-state index in [9.17, 15) is 4.79 Å². The van der Waals surface area contributed by atoms with Crippen LogP contribution in [0.3, 0.4) is 0 Å². The highest BCUT2D eigenvalue weighted by Crippen LogP contribution is 2.14. The first kappa shape index (κ1) is 12.9. The summed E-state index contributed by atoms with van der Waals surface area (Å²) in [6.07, 6.45) is 3.66. The first-order valence-corrected chi connectivity index (χ1v) is 6.08. The lowest BCUT2D eigenvalue weighted by Crippen LogP contribution is -2.19. The largest absolute Gasteiger partial charge is 0.379 e. The van der Waals surface area contributed by atoms with Crippen LogP contribution in [0, 0.1) is 0 Å². The van der Waals surface area contributed by atoms with E-state index in [1.807, 2.05) is 24.7 Å². The van der Waals surface area contributed by atoms with Crippen molar-refractivity contribution in [2.75, 3.05) is 10.6 Å². The smallest absolute Gasteiger partial charge is 0.316 e. The number of amides is 2. The fourth-order valence-corrected chi connectivity index (χ4v) is 1.79. The fraction of sp³-hybridized carbons (Fsp3) is 0.231. The zero-order valence-electron chi connectivity index (χ0n) is 10.8. The second-order valence-electron chi connectivity index (χ2n) is 4.09. The van der Waals surface area contributed by atoms with E-state index in [1.165, 1.54) is 0 Å². The van der Waals surface area contributed by atoms with E-state index in [4.69, 9.17) is 5.73 Å². The minimum absolute atomic E-state index is 0.562. The molecular formula is C13H17N5O. The second-order valence-corrected chi connectivity index (χ2v) is 4.09. The molecule has 1 heterocycles. The molecular weight excluding hydrogens is 242 g/mol. The van der Waals surface area contributed by atoms with Gasteiger partial charge in [0.1, 0.15) is 0 Å². The summed E-state index contributed by atoms with van der Waals surface area (Å²) in [6.45, 7) is 3.68. The molecule has 0 saturated heterocycles. The Balaban J connectivity index is 1.94. The first-order valence-electron chi connectivity index (χ1n) is 6.08. The van der Waals surface area contributed by atoms with Crippen molar-refractivity contribution in [3.8, 4) is 0 Å². The third kappa shape index (κ3) is 3.48. The average Bonchev–Trinajstić information content (AvgIpc) is 2.84. The average molecular weight is 259 g/mol. The van der Waals surface area contributed by atoms with E-state index in [-0.39, 0.29) is 0 Å². The van der Waals surface area contributed by atoms with Gasteiger partial charge >= 0.3 is 6.03 Å². The fourth-order valence-electron chi connectivity index (χ4n) is 1.79. The van der Waals surface area contributed by atoms with Crippen LogP contribution < -0.4 is 16.4 Å². The highest BCUT2D eigenvalue weighted by molar-refractivity contribution is 5.87. The molecule has 0 unspecified atom stereocenters. The molecule has 19 heavy (non-hydrogen) atoms. The van der Waals surface area contributed by atoms with E-state index in [2.05, 4.69) is 27.1 Å². The molecule has 0 bridgehead atoms. The lowest BCUT2D eigenvalue weighted by atomic mass is 10.2. The van der Waals surface area contributed by atoms with Crippen molar-refractivity contribution >= 4 is 17.4 Å². The van der Waals surface area contributed by atoms with Crippen LogP contribution in [-0.4, -0.2) is 15.6 Å². The maximum absolute atomic E-state index is 10.7. The number of carbonyl (C=O) groups is 1. The highest BCUT2D eigenvalue weighted by Gasteiger charge is 2.00. The second kappa shape index (κ2) is 5.90. The van der Waals surface area contributed by atoms with Crippen molar-refractivity contribution in [1.82, 2.24) is 9.55 Å². The van der Waals surface area contributed by atoms with Crippen molar-refractivity contribution in [3.63, 3.8) is 0 Å². The molecule has 6 nitrogen and oxygen atoms in total. The van der Waals surface area contributed by atoms with Crippen LogP contribution in [0.25, 0.3) is 0 Å². The number of imidazole rings is 1. The molecule has 4 N–H and O–H groups in total. The molecule has 0 radical (unpaired) electrons. The molecule has 0 atom stereocenters. The number of benzene rings is 1. The summed E-state index contributed by atoms with van der Waals surface area (Å²) in [5, 5.41) is 5.81. The number of urea groups is 1. The normalized spacial score (nSPS) is 10.2. The number of anilines is 2. The molecule has 1 aromatic carbocycles. The molecule has 100 valence electrons. The van der Waals surface area contributed by atoms with Crippen molar-refractivity contribution in [2.45, 2.75) is 20.0 Å². The first-order chi connectivity index (χ1) is 9.19. The molecule has 0 saturated carbocycles. The number of primary amides is 1. The number of hydrogen-bond acceptors (Lipinski definition) is 3. The molecule has 2 rings (SSSR count). The molecule has 0 aliphatic heterocycles. The van der Waals surface area contributed by atoms with Crippen LogP contribution in [0.5, 0.6) is 0 Å². The minimum atomic E-state index is -0.562. The van der Waals surface area contributed by atoms with E-state index in [0.717, 1.165) is 17.9 Å². The Morgan fingerprint density at radius 1 is 1.32 bits per heavy atom. The maximum atomic E-state index is 10.7. The van der Waals surface area contributed by atoms with Gasteiger partial charge in [0.05, 0.1) is 18.6 Å². The standard InChI is InChI=1S/C13H17N5O/c1-2-18-9-15-7-12(18)8-16-10-3-5-11(6-4-10)17-13(14)19/h3-7,9,16H,2,8H2,1H3,(H3,14,17,19). The number of aromatic nitrogens is 2. The molecule has 0 aliphatic carbocycles. The topological polar surface area (TPSA) is 85.0 Å². The van der Waals surface area contributed by atoms with Crippen LogP contribution in [-0.2, 0) is 13.1 Å². The van der Waals surface area contributed by atoms with Gasteiger partial charge < -0.3 is 20.9 Å². The molecule has 1 aromatic heterocycles. The quantitative estimate of drug-likeness (QED) is 0.767. The van der Waals surface area contributed by atoms with E-state index in [1.54, 1.807) is 12.1 Å². The van der Waals surface area contributed by atoms with Gasteiger partial charge in [0.15, 0.2) is 0 Å². The summed E-state index contributed by atoms with van der Waals surface area (Å²) in [4.78, 5) is 14.8. The molecule has 0 spiro atoms. The number of nitrogens with zero attached hydrogens (tertiary/aromatic N) is 2. The summed E-state index contributed by atoms with van der Waals surface area (Å²) in [6, 6.07) is 6.80. The van der Waals surface area contributed by atoms with Gasteiger partial charge in [0.25, 0.3) is 0 Å². The van der Waals surface area contributed by atoms with Gasteiger partial charge in [0, 0.05) is 24.1 Å². The van der Waals surface area contributed by atoms with E-state index in [0.29, 0.717) is 12.2 Å². The summed E-state index contributed by atoms with van der Waals surface area (Å²) < 4.78 is 2.08. The van der Waals surface area contributed by atoms with E-state index < -0.39 is 6.03 Å². The number of rotatable bonds is 5. The molecule has 0 aliphatic rings. The van der Waals surface area contributed by atoms with Gasteiger partial charge in [-0.05, 0) is 31.2 Å². The molecule has 0 fully saturated rings. The lowest BCUT2D eigenvalue weighted by molar-refractivity contribution is 0.259. The highest BCUT2D eigenvalue weighted by atomic mass is 16.2. The Morgan fingerprint density at radius 2 is 2.00 bits per heavy atom. The Labute approximate surface area is 111 Å². The summed E-state index contributed by atoms with van der Waals surface area (Å²) in [7, 11) is 0. The number of carbonyl (C=O) groups excluding carboxylic acids is 1. The van der Waals surface area contributed by atoms with Gasteiger partial charge in [-0.1, -0.05) is 0 Å². The van der Waals surface area contributed by atoms with Gasteiger partial charge in [0.2, 0.25) is 0 Å². The van der Waals surface area contributed by atoms with Gasteiger partial charge in [-0.15, -0.1) is 0 Å². The Bertz CT molecular complexity index is 546. The Hall–Kier alpha value is -2.50. The third-order valence-electron chi connectivity index (χ3n) is 2.77. The predicted octanol–water partition coefficient (Wildman–Crippen LogP) is 2.01. The van der Waals surface area contributed by atoms with Crippen molar-refractivity contribution in [3.05, 3.63) is 42.5 Å². The van der Waals surface area contributed by atoms with Crippen LogP contribution in [0.2, 0.25) is 0 Å². The van der Waals surface area contributed by atoms with Crippen LogP contribution in [0.4, 0.5) is 16.2 Å². The zero-order valence-corrected chi connectivity index (χ0v) is 10.8. The molecule has 2 amide bonds. The lowest BCUT2D eigenvalue weighted by Gasteiger charge is -2.09. The van der Waals surface area contributed by atoms with Crippen LogP contribution in [0.15, 0.2) is 36.8 Å². The van der Waals surface area contributed by atoms with Crippen LogP contribution in [0.1, 0.15) is 12.6 Å². The monoisotopic (exact) mass is 259 g/mol. The number of nitrogens with two attached hydrogens (primary N) is 1. The summed E-state index contributed by atoms with van der Waals surface area (Å²) in [5.74, 6) is 0. The maximum Gasteiger partial charge on any atom is 0.316 e. The molecule has 6 heteroatoms. The van der Waals surface area contributed by atoms with Crippen molar-refractivity contribution < 1.29 is 4.79 Å². The zero-order chi connectivity index (χ0) is 13.7. The number of hydrogen-bond donors (Lipinski definition) is 3. The Morgan fingerprint density at radius 3 is 2.63 bits per heavy atom. The number of nitrogens with one attached hydrogen (secondary N) is 2. The molecule has 2 aromatic rings. The minimum Gasteiger partial charge on any atom is -0.379 e. The van der Waals surface area contributed by atoms with E-state index >= 15 is 0 Å². The van der Waals surface area contributed by atoms with Gasteiger partial charge in [-0.2, -0.15) is 0 Å². The predicted molar refractivity (Wildman–Crippen MR) is 74.9 cm³/mol.